The highest BCUT2D eigenvalue weighted by molar-refractivity contribution is 5.74. The summed E-state index contributed by atoms with van der Waals surface area (Å²) in [7, 11) is 0. The van der Waals surface area contributed by atoms with Crippen LogP contribution in [-0.2, 0) is 9.53 Å². The van der Waals surface area contributed by atoms with E-state index in [1.165, 1.54) is 0 Å². The lowest BCUT2D eigenvalue weighted by Crippen LogP contribution is -2.43. The van der Waals surface area contributed by atoms with E-state index >= 15 is 0 Å². The third-order valence-corrected chi connectivity index (χ3v) is 4.74. The van der Waals surface area contributed by atoms with Gasteiger partial charge in [-0.2, -0.15) is 0 Å². The number of ether oxygens (including phenoxy) is 1. The Morgan fingerprint density at radius 1 is 1.12 bits per heavy atom. The van der Waals surface area contributed by atoms with Crippen molar-refractivity contribution >= 4 is 5.97 Å². The van der Waals surface area contributed by atoms with Gasteiger partial charge in [0.25, 0.3) is 0 Å². The minimum atomic E-state index is -0.407. The monoisotopic (exact) mass is 236 g/mol. The Balaban J connectivity index is 2.01. The Bertz CT molecular complexity index is 346. The summed E-state index contributed by atoms with van der Waals surface area (Å²) >= 11 is 0. The minimum absolute atomic E-state index is 0.00164. The summed E-state index contributed by atoms with van der Waals surface area (Å²) in [6.07, 6.45) is 6.59. The van der Waals surface area contributed by atoms with Gasteiger partial charge in [0.15, 0.2) is 0 Å². The summed E-state index contributed by atoms with van der Waals surface area (Å²) in [6, 6.07) is 0. The fourth-order valence-electron chi connectivity index (χ4n) is 2.53. The molecule has 0 aliphatic heterocycles. The molecule has 2 bridgehead atoms. The van der Waals surface area contributed by atoms with Gasteiger partial charge in [0.2, 0.25) is 0 Å². The van der Waals surface area contributed by atoms with Gasteiger partial charge in [-0.1, -0.05) is 32.9 Å². The molecule has 1 fully saturated rings. The maximum Gasteiger partial charge on any atom is 0.310 e. The maximum absolute atomic E-state index is 12.2. The van der Waals surface area contributed by atoms with Gasteiger partial charge < -0.3 is 4.74 Å². The predicted molar refractivity (Wildman–Crippen MR) is 68.5 cm³/mol. The van der Waals surface area contributed by atoms with Crippen molar-refractivity contribution in [1.29, 1.82) is 0 Å². The van der Waals surface area contributed by atoms with Gasteiger partial charge in [0, 0.05) is 5.41 Å². The second-order valence-corrected chi connectivity index (χ2v) is 7.07. The van der Waals surface area contributed by atoms with E-state index in [4.69, 9.17) is 4.74 Å². The summed E-state index contributed by atoms with van der Waals surface area (Å²) in [4.78, 5) is 12.2. The molecule has 0 radical (unpaired) electrons. The van der Waals surface area contributed by atoms with E-state index in [2.05, 4.69) is 32.9 Å². The number of fused-ring (bicyclic) bond motifs is 2. The van der Waals surface area contributed by atoms with Gasteiger partial charge in [-0.3, -0.25) is 4.79 Å². The average molecular weight is 236 g/mol. The van der Waals surface area contributed by atoms with E-state index in [1.54, 1.807) is 0 Å². The molecule has 2 aliphatic rings. The smallest absolute Gasteiger partial charge is 0.310 e. The van der Waals surface area contributed by atoms with Crippen LogP contribution in [0.3, 0.4) is 0 Å². The maximum atomic E-state index is 12.2. The lowest BCUT2D eigenvalue weighted by atomic mass is 9.79. The molecular weight excluding hydrogens is 212 g/mol. The quantitative estimate of drug-likeness (QED) is 0.541. The third kappa shape index (κ3) is 2.27. The lowest BCUT2D eigenvalue weighted by Gasteiger charge is -2.39. The van der Waals surface area contributed by atoms with Crippen molar-refractivity contribution in [3.8, 4) is 0 Å². The van der Waals surface area contributed by atoms with Gasteiger partial charge >= 0.3 is 5.97 Å². The van der Waals surface area contributed by atoms with Gasteiger partial charge in [-0.15, -0.1) is 0 Å². The van der Waals surface area contributed by atoms with Crippen molar-refractivity contribution in [2.75, 3.05) is 0 Å². The van der Waals surface area contributed by atoms with Crippen LogP contribution in [0.15, 0.2) is 12.2 Å². The number of hydrogen-bond acceptors (Lipinski definition) is 2. The number of rotatable bonds is 2. The molecule has 17 heavy (non-hydrogen) atoms. The minimum Gasteiger partial charge on any atom is -0.459 e. The van der Waals surface area contributed by atoms with Crippen molar-refractivity contribution in [3.63, 3.8) is 0 Å². The van der Waals surface area contributed by atoms with E-state index in [0.717, 1.165) is 12.8 Å². The Labute approximate surface area is 104 Å². The van der Waals surface area contributed by atoms with Crippen molar-refractivity contribution in [2.24, 2.45) is 23.2 Å². The van der Waals surface area contributed by atoms with Crippen LogP contribution in [0.2, 0.25) is 0 Å². The van der Waals surface area contributed by atoms with Crippen LogP contribution in [0.1, 0.15) is 47.5 Å². The average Bonchev–Trinajstić information content (AvgIpc) is 2.75. The van der Waals surface area contributed by atoms with Crippen LogP contribution in [-0.4, -0.2) is 11.6 Å². The molecule has 0 saturated heterocycles. The Hall–Kier alpha value is -0.790. The van der Waals surface area contributed by atoms with Gasteiger partial charge in [-0.25, -0.2) is 0 Å². The highest BCUT2D eigenvalue weighted by atomic mass is 16.6. The largest absolute Gasteiger partial charge is 0.459 e. The molecule has 2 aliphatic carbocycles. The Morgan fingerprint density at radius 3 is 2.18 bits per heavy atom. The standard InChI is InChI=1S/C15H24O2/c1-14(2,3)15(4,5)17-13(16)12-9-10-6-7-11(12)8-10/h6-7,10-12H,8-9H2,1-5H3. The highest BCUT2D eigenvalue weighted by Gasteiger charge is 2.44. The van der Waals surface area contributed by atoms with Crippen molar-refractivity contribution in [1.82, 2.24) is 0 Å². The van der Waals surface area contributed by atoms with Crippen LogP contribution in [0, 0.1) is 23.2 Å². The molecule has 3 unspecified atom stereocenters. The zero-order valence-corrected chi connectivity index (χ0v) is 11.6. The van der Waals surface area contributed by atoms with Crippen LogP contribution < -0.4 is 0 Å². The van der Waals surface area contributed by atoms with Crippen molar-refractivity contribution < 1.29 is 9.53 Å². The normalized spacial score (nSPS) is 31.9. The summed E-state index contributed by atoms with van der Waals surface area (Å²) in [6.45, 7) is 10.4. The Morgan fingerprint density at radius 2 is 1.76 bits per heavy atom. The van der Waals surface area contributed by atoms with Crippen LogP contribution >= 0.6 is 0 Å². The summed E-state index contributed by atoms with van der Waals surface area (Å²) in [5.41, 5.74) is -0.439. The molecule has 2 rings (SSSR count). The summed E-state index contributed by atoms with van der Waals surface area (Å²) in [5.74, 6) is 1.16. The number of hydrogen-bond donors (Lipinski definition) is 0. The molecule has 96 valence electrons. The molecule has 0 aromatic rings. The molecule has 0 aromatic carbocycles. The van der Waals surface area contributed by atoms with Gasteiger partial charge in [0.05, 0.1) is 5.92 Å². The molecule has 2 heteroatoms. The topological polar surface area (TPSA) is 26.3 Å². The van der Waals surface area contributed by atoms with E-state index in [0.29, 0.717) is 11.8 Å². The summed E-state index contributed by atoms with van der Waals surface area (Å²) < 4.78 is 5.77. The fourth-order valence-corrected chi connectivity index (χ4v) is 2.53. The molecule has 3 atom stereocenters. The lowest BCUT2D eigenvalue weighted by molar-refractivity contribution is -0.173. The number of allylic oxidation sites excluding steroid dienone is 2. The zero-order chi connectivity index (χ0) is 12.8. The fraction of sp³-hybridized carbons (Fsp3) is 0.800. The first-order valence-electron chi connectivity index (χ1n) is 6.62. The van der Waals surface area contributed by atoms with Gasteiger partial charge in [0.1, 0.15) is 5.60 Å². The number of carbonyl (C=O) groups is 1. The predicted octanol–water partition coefficient (Wildman–Crippen LogP) is 3.57. The number of carbonyl (C=O) groups excluding carboxylic acids is 1. The molecule has 0 amide bonds. The molecule has 0 heterocycles. The molecular formula is C15H24O2. The SMILES string of the molecule is CC(C)(C)C(C)(C)OC(=O)C1CC2C=CC1C2. The first kappa shape index (κ1) is 12.7. The Kier molecular flexibility index (Phi) is 2.87. The van der Waals surface area contributed by atoms with Crippen LogP contribution in [0.4, 0.5) is 0 Å². The molecule has 1 saturated carbocycles. The molecule has 0 spiro atoms. The van der Waals surface area contributed by atoms with Crippen LogP contribution in [0.5, 0.6) is 0 Å². The second-order valence-electron chi connectivity index (χ2n) is 7.07. The molecule has 0 N–H and O–H groups in total. The zero-order valence-electron chi connectivity index (χ0n) is 11.6. The third-order valence-electron chi connectivity index (χ3n) is 4.74. The first-order valence-corrected chi connectivity index (χ1v) is 6.62. The van der Waals surface area contributed by atoms with E-state index in [-0.39, 0.29) is 17.3 Å². The van der Waals surface area contributed by atoms with Crippen LogP contribution in [0.25, 0.3) is 0 Å². The van der Waals surface area contributed by atoms with Crippen molar-refractivity contribution in [3.05, 3.63) is 12.2 Å². The van der Waals surface area contributed by atoms with E-state index in [1.807, 2.05) is 13.8 Å². The summed E-state index contributed by atoms with van der Waals surface area (Å²) in [5, 5.41) is 0. The number of esters is 1. The van der Waals surface area contributed by atoms with Crippen molar-refractivity contribution in [2.45, 2.75) is 53.1 Å². The van der Waals surface area contributed by atoms with E-state index in [9.17, 15) is 4.79 Å². The molecule has 2 nitrogen and oxygen atoms in total. The van der Waals surface area contributed by atoms with E-state index < -0.39 is 5.60 Å². The first-order chi connectivity index (χ1) is 7.71. The molecule has 0 aromatic heterocycles. The van der Waals surface area contributed by atoms with Gasteiger partial charge in [-0.05, 0) is 38.5 Å². The highest BCUT2D eigenvalue weighted by Crippen LogP contribution is 2.45. The second kappa shape index (κ2) is 3.86.